The Morgan fingerprint density at radius 1 is 1.19 bits per heavy atom. The molecule has 1 fully saturated rings. The smallest absolute Gasteiger partial charge is 0.278 e. The fraction of sp³-hybridized carbons (Fsp3) is 0.360. The van der Waals surface area contributed by atoms with Crippen molar-refractivity contribution in [3.05, 3.63) is 74.8 Å². The second-order valence-electron chi connectivity index (χ2n) is 9.42. The molecule has 2 aliphatic heterocycles. The number of rotatable bonds is 4. The number of amides is 1. The van der Waals surface area contributed by atoms with Crippen molar-refractivity contribution in [2.75, 3.05) is 32.2 Å². The number of hydrogen-bond acceptors (Lipinski definition) is 8. The minimum atomic E-state index is -0.745. The minimum absolute atomic E-state index is 0.0630. The summed E-state index contributed by atoms with van der Waals surface area (Å²) in [7, 11) is 3.50. The van der Waals surface area contributed by atoms with Crippen molar-refractivity contribution in [2.24, 2.45) is 0 Å². The monoisotopic (exact) mass is 528 g/mol. The molecule has 2 aromatic heterocycles. The maximum absolute atomic E-state index is 14.1. The van der Waals surface area contributed by atoms with Crippen molar-refractivity contribution in [3.8, 4) is 16.3 Å². The van der Waals surface area contributed by atoms with Crippen LogP contribution in [0.4, 0.5) is 8.78 Å². The van der Waals surface area contributed by atoms with Crippen molar-refractivity contribution < 1.29 is 18.7 Å². The molecule has 1 amide bonds. The van der Waals surface area contributed by atoms with Crippen LogP contribution in [0.1, 0.15) is 40.8 Å². The van der Waals surface area contributed by atoms with E-state index in [1.807, 2.05) is 19.0 Å². The quantitative estimate of drug-likeness (QED) is 0.557. The highest BCUT2D eigenvalue weighted by molar-refractivity contribution is 7.14. The number of pyridine rings is 1. The normalized spacial score (nSPS) is 16.9. The number of carbonyl (C=O) groups is 1. The number of nitrogens with zero attached hydrogens (tertiary/aromatic N) is 6. The molecule has 12 heteroatoms. The van der Waals surface area contributed by atoms with Gasteiger partial charge in [0.15, 0.2) is 16.5 Å². The maximum atomic E-state index is 14.1. The molecule has 194 valence electrons. The lowest BCUT2D eigenvalue weighted by atomic mass is 9.92. The van der Waals surface area contributed by atoms with Gasteiger partial charge >= 0.3 is 0 Å². The van der Waals surface area contributed by atoms with Gasteiger partial charge in [-0.2, -0.15) is 0 Å². The number of piperidine rings is 1. The van der Waals surface area contributed by atoms with Crippen molar-refractivity contribution in [1.82, 2.24) is 24.7 Å². The maximum Gasteiger partial charge on any atom is 0.278 e. The first-order valence-electron chi connectivity index (χ1n) is 11.7. The van der Waals surface area contributed by atoms with E-state index in [0.29, 0.717) is 30.9 Å². The topological polar surface area (TPSA) is 94.8 Å². The Kier molecular flexibility index (Phi) is 6.01. The summed E-state index contributed by atoms with van der Waals surface area (Å²) in [4.78, 5) is 30.3. The third-order valence-electron chi connectivity index (χ3n) is 7.38. The fourth-order valence-corrected chi connectivity index (χ4v) is 5.98. The Morgan fingerprint density at radius 3 is 2.54 bits per heavy atom. The highest BCUT2D eigenvalue weighted by atomic mass is 32.1. The highest BCUT2D eigenvalue weighted by Gasteiger charge is 2.49. The average Bonchev–Trinajstić information content (AvgIpc) is 3.33. The number of aromatic nitrogens is 3. The van der Waals surface area contributed by atoms with Crippen molar-refractivity contribution >= 4 is 17.2 Å². The van der Waals surface area contributed by atoms with Crippen LogP contribution in [0.5, 0.6) is 5.75 Å². The molecule has 0 radical (unpaired) electrons. The first-order valence-corrected chi connectivity index (χ1v) is 12.5. The molecule has 4 heterocycles. The highest BCUT2D eigenvalue weighted by Crippen LogP contribution is 2.38. The molecule has 1 N–H and O–H groups in total. The van der Waals surface area contributed by atoms with Crippen LogP contribution in [-0.4, -0.2) is 68.5 Å². The zero-order valence-electron chi connectivity index (χ0n) is 20.7. The Bertz CT molecular complexity index is 1480. The van der Waals surface area contributed by atoms with E-state index < -0.39 is 34.4 Å². The molecule has 5 rings (SSSR count). The molecular weight excluding hydrogens is 502 g/mol. The van der Waals surface area contributed by atoms with Crippen LogP contribution < -0.4 is 10.4 Å². The zero-order valence-corrected chi connectivity index (χ0v) is 21.5. The van der Waals surface area contributed by atoms with Crippen molar-refractivity contribution in [3.63, 3.8) is 0 Å². The number of aromatic hydroxyl groups is 1. The Balaban J connectivity index is 1.52. The number of allylic oxidation sites excluding steroid dienone is 1. The number of hydrogen-bond donors (Lipinski definition) is 1. The molecule has 2 aliphatic rings. The van der Waals surface area contributed by atoms with E-state index in [1.165, 1.54) is 16.9 Å². The molecule has 37 heavy (non-hydrogen) atoms. The van der Waals surface area contributed by atoms with E-state index in [9.17, 15) is 23.5 Å². The molecule has 0 unspecified atom stereocenters. The molecule has 0 atom stereocenters. The lowest BCUT2D eigenvalue weighted by molar-refractivity contribution is 0.0141. The second-order valence-corrected chi connectivity index (χ2v) is 10.5. The van der Waals surface area contributed by atoms with E-state index in [4.69, 9.17) is 0 Å². The van der Waals surface area contributed by atoms with Gasteiger partial charge in [0, 0.05) is 64.4 Å². The molecule has 0 aliphatic carbocycles. The Hall–Kier alpha value is -3.80. The van der Waals surface area contributed by atoms with Gasteiger partial charge in [-0.05, 0) is 18.6 Å². The molecule has 0 saturated carbocycles. The van der Waals surface area contributed by atoms with Gasteiger partial charge in [-0.15, -0.1) is 10.2 Å². The predicted octanol–water partition coefficient (Wildman–Crippen LogP) is 2.92. The summed E-state index contributed by atoms with van der Waals surface area (Å²) in [6, 6.07) is 3.29. The third kappa shape index (κ3) is 3.95. The van der Waals surface area contributed by atoms with Crippen LogP contribution in [0.25, 0.3) is 10.6 Å². The van der Waals surface area contributed by atoms with Gasteiger partial charge < -0.3 is 14.9 Å². The van der Waals surface area contributed by atoms with E-state index in [0.717, 1.165) is 29.2 Å². The van der Waals surface area contributed by atoms with Crippen molar-refractivity contribution in [2.45, 2.75) is 31.8 Å². The number of likely N-dealkylation sites (tertiary alicyclic amines) is 1. The zero-order chi connectivity index (χ0) is 26.6. The summed E-state index contributed by atoms with van der Waals surface area (Å²) in [6.45, 7) is 7.36. The summed E-state index contributed by atoms with van der Waals surface area (Å²) < 4.78 is 28.9. The van der Waals surface area contributed by atoms with Crippen LogP contribution in [0.3, 0.4) is 0 Å². The van der Waals surface area contributed by atoms with E-state index in [2.05, 4.69) is 21.7 Å². The largest absolute Gasteiger partial charge is 0.502 e. The molecule has 1 saturated heterocycles. The average molecular weight is 529 g/mol. The van der Waals surface area contributed by atoms with E-state index >= 15 is 0 Å². The Labute approximate surface area is 215 Å². The van der Waals surface area contributed by atoms with Gasteiger partial charge in [0.1, 0.15) is 22.3 Å². The number of benzene rings is 1. The van der Waals surface area contributed by atoms with Gasteiger partial charge in [0.2, 0.25) is 5.43 Å². The van der Waals surface area contributed by atoms with Crippen LogP contribution in [-0.2, 0) is 6.42 Å². The Morgan fingerprint density at radius 2 is 1.89 bits per heavy atom. The lowest BCUT2D eigenvalue weighted by Gasteiger charge is -2.56. The SMILES string of the molecule is C=C(C)N1CCC2(CC1)N(C)C(=O)c1c(O)c(=O)c(-c3nnc(Cc4ccc(F)cc4F)s3)cn1N2C. The first-order chi connectivity index (χ1) is 17.5. The number of fused-ring (bicyclic) bond motifs is 1. The lowest BCUT2D eigenvalue weighted by Crippen LogP contribution is -2.70. The molecule has 1 aromatic carbocycles. The standard InChI is InChI=1S/C25H26F2N6O3S/c1-14(2)32-9-7-25(8-10-32)30(3)24(36)20-22(35)21(34)17(13-33(20)31(25)4)23-29-28-19(37-23)11-15-5-6-16(26)12-18(15)27/h5-6,12-13,35H,1,7-11H2,2-4H3. The van der Waals surface area contributed by atoms with E-state index in [-0.39, 0.29) is 28.2 Å². The summed E-state index contributed by atoms with van der Waals surface area (Å²) in [6.07, 6.45) is 2.82. The van der Waals surface area contributed by atoms with Gasteiger partial charge in [0.05, 0.1) is 5.56 Å². The van der Waals surface area contributed by atoms with Crippen LogP contribution in [0.15, 0.2) is 41.5 Å². The summed E-state index contributed by atoms with van der Waals surface area (Å²) >= 11 is 1.06. The van der Waals surface area contributed by atoms with Crippen LogP contribution >= 0.6 is 11.3 Å². The minimum Gasteiger partial charge on any atom is -0.502 e. The van der Waals surface area contributed by atoms with Gasteiger partial charge in [-0.1, -0.05) is 24.0 Å². The molecule has 1 spiro atoms. The van der Waals surface area contributed by atoms with Crippen molar-refractivity contribution in [1.29, 1.82) is 0 Å². The predicted molar refractivity (Wildman–Crippen MR) is 135 cm³/mol. The van der Waals surface area contributed by atoms with E-state index in [1.54, 1.807) is 11.9 Å². The number of halogens is 2. The fourth-order valence-electron chi connectivity index (χ4n) is 5.11. The molecule has 3 aromatic rings. The third-order valence-corrected chi connectivity index (χ3v) is 8.34. The van der Waals surface area contributed by atoms with Crippen LogP contribution in [0.2, 0.25) is 0 Å². The molecule has 9 nitrogen and oxygen atoms in total. The molecular formula is C25H26F2N6O3S. The van der Waals surface area contributed by atoms with Gasteiger partial charge in [-0.3, -0.25) is 19.3 Å². The summed E-state index contributed by atoms with van der Waals surface area (Å²) in [5.41, 5.74) is -0.260. The number of carbonyl (C=O) groups excluding carboxylic acids is 1. The van der Waals surface area contributed by atoms with Crippen LogP contribution in [0, 0.1) is 11.6 Å². The molecule has 0 bridgehead atoms. The first kappa shape index (κ1) is 24.9. The van der Waals surface area contributed by atoms with Gasteiger partial charge in [-0.25, -0.2) is 8.78 Å². The summed E-state index contributed by atoms with van der Waals surface area (Å²) in [5, 5.41) is 21.5. The van der Waals surface area contributed by atoms with Gasteiger partial charge in [0.25, 0.3) is 5.91 Å². The summed E-state index contributed by atoms with van der Waals surface area (Å²) in [5.74, 6) is -2.50. The second kappa shape index (κ2) is 8.94.